The van der Waals surface area contributed by atoms with Gasteiger partial charge in [0.25, 0.3) is 0 Å². The number of nitrogens with one attached hydrogen (secondary N) is 1. The zero-order valence-electron chi connectivity index (χ0n) is 14.9. The smallest absolute Gasteiger partial charge is 0.410 e. The van der Waals surface area contributed by atoms with E-state index in [9.17, 15) is 4.79 Å². The Kier molecular flexibility index (Phi) is 6.13. The SMILES string of the molecule is CC(CC1CC1)NCCC1CCCN(C(=O)OC(C)(C)C)C1. The molecular weight excluding hydrogens is 276 g/mol. The number of likely N-dealkylation sites (tertiary alicyclic amines) is 1. The normalized spacial score (nSPS) is 24.2. The number of ether oxygens (including phenoxy) is 1. The standard InChI is InChI=1S/C18H34N2O2/c1-14(12-15-7-8-15)19-10-9-16-6-5-11-20(13-16)17(21)22-18(2,3)4/h14-16,19H,5-13H2,1-4H3. The molecule has 2 atom stereocenters. The Morgan fingerprint density at radius 3 is 2.64 bits per heavy atom. The highest BCUT2D eigenvalue weighted by Gasteiger charge is 2.27. The molecule has 0 bridgehead atoms. The second kappa shape index (κ2) is 7.67. The van der Waals surface area contributed by atoms with Gasteiger partial charge < -0.3 is 15.0 Å². The summed E-state index contributed by atoms with van der Waals surface area (Å²) in [5, 5.41) is 3.65. The van der Waals surface area contributed by atoms with E-state index in [1.807, 2.05) is 25.7 Å². The van der Waals surface area contributed by atoms with Gasteiger partial charge in [0, 0.05) is 19.1 Å². The van der Waals surface area contributed by atoms with Crippen LogP contribution in [0, 0.1) is 11.8 Å². The summed E-state index contributed by atoms with van der Waals surface area (Å²) in [6, 6.07) is 0.637. The lowest BCUT2D eigenvalue weighted by Gasteiger charge is -2.34. The molecule has 2 fully saturated rings. The Morgan fingerprint density at radius 1 is 1.27 bits per heavy atom. The maximum Gasteiger partial charge on any atom is 0.410 e. The van der Waals surface area contributed by atoms with Crippen molar-refractivity contribution >= 4 is 6.09 Å². The monoisotopic (exact) mass is 310 g/mol. The van der Waals surface area contributed by atoms with Crippen LogP contribution in [-0.2, 0) is 4.74 Å². The van der Waals surface area contributed by atoms with Gasteiger partial charge in [0.1, 0.15) is 5.60 Å². The average Bonchev–Trinajstić information content (AvgIpc) is 3.21. The molecule has 1 N–H and O–H groups in total. The molecule has 22 heavy (non-hydrogen) atoms. The summed E-state index contributed by atoms with van der Waals surface area (Å²) in [6.07, 6.45) is 7.54. The van der Waals surface area contributed by atoms with Crippen molar-refractivity contribution < 1.29 is 9.53 Å². The molecule has 2 rings (SSSR count). The summed E-state index contributed by atoms with van der Waals surface area (Å²) in [5.41, 5.74) is -0.399. The maximum absolute atomic E-state index is 12.2. The van der Waals surface area contributed by atoms with Gasteiger partial charge in [0.15, 0.2) is 0 Å². The van der Waals surface area contributed by atoms with Crippen LogP contribution in [0.1, 0.15) is 66.2 Å². The lowest BCUT2D eigenvalue weighted by atomic mass is 9.95. The van der Waals surface area contributed by atoms with Gasteiger partial charge in [-0.1, -0.05) is 12.8 Å². The molecule has 1 saturated heterocycles. The van der Waals surface area contributed by atoms with Crippen molar-refractivity contribution in [3.63, 3.8) is 0 Å². The Balaban J connectivity index is 1.65. The number of piperidine rings is 1. The molecule has 128 valence electrons. The van der Waals surface area contributed by atoms with Gasteiger partial charge in [-0.15, -0.1) is 0 Å². The van der Waals surface area contributed by atoms with E-state index in [4.69, 9.17) is 4.74 Å². The van der Waals surface area contributed by atoms with Crippen molar-refractivity contribution in [2.24, 2.45) is 11.8 Å². The minimum absolute atomic E-state index is 0.146. The first kappa shape index (κ1) is 17.6. The van der Waals surface area contributed by atoms with Crippen molar-refractivity contribution in [1.29, 1.82) is 0 Å². The number of carbonyl (C=O) groups is 1. The van der Waals surface area contributed by atoms with E-state index in [1.165, 1.54) is 25.7 Å². The number of nitrogens with zero attached hydrogens (tertiary/aromatic N) is 1. The molecule has 4 nitrogen and oxygen atoms in total. The Bertz CT molecular complexity index is 361. The van der Waals surface area contributed by atoms with Crippen LogP contribution < -0.4 is 5.32 Å². The predicted molar refractivity (Wildman–Crippen MR) is 90.0 cm³/mol. The first-order chi connectivity index (χ1) is 10.3. The van der Waals surface area contributed by atoms with E-state index in [1.54, 1.807) is 0 Å². The number of hydrogen-bond acceptors (Lipinski definition) is 3. The van der Waals surface area contributed by atoms with Gasteiger partial charge in [-0.2, -0.15) is 0 Å². The van der Waals surface area contributed by atoms with Crippen LogP contribution in [0.3, 0.4) is 0 Å². The predicted octanol–water partition coefficient (Wildman–Crippen LogP) is 3.80. The highest BCUT2D eigenvalue weighted by atomic mass is 16.6. The maximum atomic E-state index is 12.2. The van der Waals surface area contributed by atoms with E-state index in [2.05, 4.69) is 12.2 Å². The Hall–Kier alpha value is -0.770. The molecule has 0 radical (unpaired) electrons. The van der Waals surface area contributed by atoms with Crippen molar-refractivity contribution in [2.75, 3.05) is 19.6 Å². The van der Waals surface area contributed by atoms with Crippen LogP contribution in [0.15, 0.2) is 0 Å². The van der Waals surface area contributed by atoms with Gasteiger partial charge >= 0.3 is 6.09 Å². The topological polar surface area (TPSA) is 41.6 Å². The van der Waals surface area contributed by atoms with Gasteiger partial charge in [0.05, 0.1) is 0 Å². The summed E-state index contributed by atoms with van der Waals surface area (Å²) < 4.78 is 5.49. The van der Waals surface area contributed by atoms with E-state index in [0.717, 1.165) is 38.4 Å². The molecule has 4 heteroatoms. The molecule has 2 aliphatic rings. The Labute approximate surface area is 136 Å². The quantitative estimate of drug-likeness (QED) is 0.811. The molecular formula is C18H34N2O2. The van der Waals surface area contributed by atoms with Crippen LogP contribution in [0.2, 0.25) is 0 Å². The average molecular weight is 310 g/mol. The molecule has 1 saturated carbocycles. The fourth-order valence-electron chi connectivity index (χ4n) is 3.26. The van der Waals surface area contributed by atoms with Crippen LogP contribution in [0.4, 0.5) is 4.79 Å². The first-order valence-corrected chi connectivity index (χ1v) is 9.05. The molecule has 0 aromatic carbocycles. The minimum atomic E-state index is -0.399. The molecule has 1 aliphatic heterocycles. The summed E-state index contributed by atoms with van der Waals surface area (Å²) in [6.45, 7) is 10.9. The fraction of sp³-hybridized carbons (Fsp3) is 0.944. The highest BCUT2D eigenvalue weighted by Crippen LogP contribution is 2.33. The van der Waals surface area contributed by atoms with E-state index in [-0.39, 0.29) is 6.09 Å². The number of hydrogen-bond donors (Lipinski definition) is 1. The van der Waals surface area contributed by atoms with Crippen LogP contribution in [-0.4, -0.2) is 42.3 Å². The van der Waals surface area contributed by atoms with Gasteiger partial charge in [-0.25, -0.2) is 4.79 Å². The third-order valence-electron chi connectivity index (χ3n) is 4.60. The van der Waals surface area contributed by atoms with E-state index >= 15 is 0 Å². The first-order valence-electron chi connectivity index (χ1n) is 9.05. The minimum Gasteiger partial charge on any atom is -0.444 e. The number of rotatable bonds is 6. The number of carbonyl (C=O) groups excluding carboxylic acids is 1. The van der Waals surface area contributed by atoms with Crippen molar-refractivity contribution in [3.8, 4) is 0 Å². The molecule has 0 aromatic heterocycles. The third-order valence-corrected chi connectivity index (χ3v) is 4.60. The lowest BCUT2D eigenvalue weighted by molar-refractivity contribution is 0.0161. The largest absolute Gasteiger partial charge is 0.444 e. The summed E-state index contributed by atoms with van der Waals surface area (Å²) >= 11 is 0. The molecule has 0 aromatic rings. The summed E-state index contributed by atoms with van der Waals surface area (Å²) in [5.74, 6) is 1.60. The zero-order chi connectivity index (χ0) is 16.2. The third kappa shape index (κ3) is 6.55. The van der Waals surface area contributed by atoms with Crippen LogP contribution >= 0.6 is 0 Å². The second-order valence-electron chi connectivity index (χ2n) is 8.26. The Morgan fingerprint density at radius 2 is 2.00 bits per heavy atom. The van der Waals surface area contributed by atoms with E-state index < -0.39 is 5.60 Å². The lowest BCUT2D eigenvalue weighted by Crippen LogP contribution is -2.43. The highest BCUT2D eigenvalue weighted by molar-refractivity contribution is 5.68. The second-order valence-corrected chi connectivity index (χ2v) is 8.26. The molecule has 1 amide bonds. The number of amides is 1. The zero-order valence-corrected chi connectivity index (χ0v) is 14.9. The molecule has 2 unspecified atom stereocenters. The van der Waals surface area contributed by atoms with Gasteiger partial charge in [0.2, 0.25) is 0 Å². The van der Waals surface area contributed by atoms with Crippen molar-refractivity contribution in [2.45, 2.75) is 77.9 Å². The van der Waals surface area contributed by atoms with Gasteiger partial charge in [-0.05, 0) is 71.8 Å². The molecule has 0 spiro atoms. The molecule has 1 aliphatic carbocycles. The van der Waals surface area contributed by atoms with Crippen LogP contribution in [0.5, 0.6) is 0 Å². The van der Waals surface area contributed by atoms with E-state index in [0.29, 0.717) is 12.0 Å². The fourth-order valence-corrected chi connectivity index (χ4v) is 3.26. The van der Waals surface area contributed by atoms with Crippen molar-refractivity contribution in [3.05, 3.63) is 0 Å². The summed E-state index contributed by atoms with van der Waals surface area (Å²) in [4.78, 5) is 14.1. The molecule has 1 heterocycles. The van der Waals surface area contributed by atoms with Gasteiger partial charge in [-0.3, -0.25) is 0 Å². The van der Waals surface area contributed by atoms with Crippen LogP contribution in [0.25, 0.3) is 0 Å². The van der Waals surface area contributed by atoms with Crippen molar-refractivity contribution in [1.82, 2.24) is 10.2 Å². The summed E-state index contributed by atoms with van der Waals surface area (Å²) in [7, 11) is 0.